The number of hydrogen-bond donors (Lipinski definition) is 1. The maximum absolute atomic E-state index is 11.2. The second-order valence-corrected chi connectivity index (χ2v) is 5.84. The van der Waals surface area contributed by atoms with Crippen molar-refractivity contribution in [2.45, 2.75) is 39.0 Å². The van der Waals surface area contributed by atoms with Gasteiger partial charge in [-0.3, -0.25) is 4.79 Å². The topological polar surface area (TPSA) is 37.3 Å². The number of aliphatic carboxylic acids is 1. The van der Waals surface area contributed by atoms with Gasteiger partial charge in [0.2, 0.25) is 0 Å². The standard InChI is InChI=1S/C13H20O2/c1-2-7-5-10-8-3-4-9(11(10)6-7)12(8)13(14)15/h7-12H,2-6H2,1H3,(H,14,15). The van der Waals surface area contributed by atoms with Crippen LogP contribution in [0.5, 0.6) is 0 Å². The monoisotopic (exact) mass is 208 g/mol. The predicted molar refractivity (Wildman–Crippen MR) is 57.3 cm³/mol. The molecule has 0 aliphatic heterocycles. The van der Waals surface area contributed by atoms with Crippen LogP contribution in [0.25, 0.3) is 0 Å². The summed E-state index contributed by atoms with van der Waals surface area (Å²) in [6, 6.07) is 0. The molecule has 84 valence electrons. The summed E-state index contributed by atoms with van der Waals surface area (Å²) >= 11 is 0. The number of carboxylic acid groups (broad SMARTS) is 1. The first-order chi connectivity index (χ1) is 7.22. The Morgan fingerprint density at radius 2 is 1.67 bits per heavy atom. The van der Waals surface area contributed by atoms with Gasteiger partial charge in [0.15, 0.2) is 0 Å². The fourth-order valence-corrected chi connectivity index (χ4v) is 4.92. The van der Waals surface area contributed by atoms with Gasteiger partial charge in [0.1, 0.15) is 0 Å². The van der Waals surface area contributed by atoms with E-state index in [4.69, 9.17) is 0 Å². The zero-order valence-electron chi connectivity index (χ0n) is 9.36. The Hall–Kier alpha value is -0.530. The van der Waals surface area contributed by atoms with E-state index in [2.05, 4.69) is 6.92 Å². The minimum Gasteiger partial charge on any atom is -0.481 e. The SMILES string of the molecule is CCC1CC2C(C1)C1CCC2C1C(=O)O. The predicted octanol–water partition coefficient (Wildman–Crippen LogP) is 2.78. The molecule has 2 nitrogen and oxygen atoms in total. The number of carbonyl (C=O) groups is 1. The van der Waals surface area contributed by atoms with E-state index < -0.39 is 5.97 Å². The largest absolute Gasteiger partial charge is 0.481 e. The molecule has 0 aromatic carbocycles. The smallest absolute Gasteiger partial charge is 0.307 e. The molecule has 3 saturated carbocycles. The molecular formula is C13H20O2. The molecule has 15 heavy (non-hydrogen) atoms. The minimum absolute atomic E-state index is 0.0257. The van der Waals surface area contributed by atoms with E-state index in [1.165, 1.54) is 32.1 Å². The third kappa shape index (κ3) is 1.20. The average molecular weight is 208 g/mol. The fourth-order valence-electron chi connectivity index (χ4n) is 4.92. The van der Waals surface area contributed by atoms with Gasteiger partial charge in [0, 0.05) is 0 Å². The first-order valence-electron chi connectivity index (χ1n) is 6.45. The molecule has 3 fully saturated rings. The Balaban J connectivity index is 1.82. The van der Waals surface area contributed by atoms with E-state index >= 15 is 0 Å². The van der Waals surface area contributed by atoms with Gasteiger partial charge >= 0.3 is 5.97 Å². The molecule has 0 aromatic rings. The van der Waals surface area contributed by atoms with Crippen LogP contribution < -0.4 is 0 Å². The van der Waals surface area contributed by atoms with Crippen molar-refractivity contribution in [1.82, 2.24) is 0 Å². The number of carboxylic acids is 1. The summed E-state index contributed by atoms with van der Waals surface area (Å²) in [6.45, 7) is 2.28. The van der Waals surface area contributed by atoms with Crippen molar-refractivity contribution in [1.29, 1.82) is 0 Å². The molecule has 0 heterocycles. The van der Waals surface area contributed by atoms with Crippen LogP contribution in [-0.4, -0.2) is 11.1 Å². The summed E-state index contributed by atoms with van der Waals surface area (Å²) in [4.78, 5) is 11.2. The molecule has 0 spiro atoms. The van der Waals surface area contributed by atoms with Crippen LogP contribution in [-0.2, 0) is 4.79 Å². The highest BCUT2D eigenvalue weighted by Crippen LogP contribution is 2.63. The number of fused-ring (bicyclic) bond motifs is 5. The molecule has 1 N–H and O–H groups in total. The van der Waals surface area contributed by atoms with Crippen molar-refractivity contribution in [2.75, 3.05) is 0 Å². The van der Waals surface area contributed by atoms with Crippen molar-refractivity contribution in [3.8, 4) is 0 Å². The summed E-state index contributed by atoms with van der Waals surface area (Å²) in [6.07, 6.45) is 6.33. The van der Waals surface area contributed by atoms with E-state index in [1.807, 2.05) is 0 Å². The maximum Gasteiger partial charge on any atom is 0.307 e. The van der Waals surface area contributed by atoms with Gasteiger partial charge in [0.25, 0.3) is 0 Å². The van der Waals surface area contributed by atoms with Crippen molar-refractivity contribution in [3.63, 3.8) is 0 Å². The molecule has 3 aliphatic rings. The van der Waals surface area contributed by atoms with Crippen molar-refractivity contribution >= 4 is 5.97 Å². The summed E-state index contributed by atoms with van der Waals surface area (Å²) in [7, 11) is 0. The normalized spacial score (nSPS) is 52.1. The summed E-state index contributed by atoms with van der Waals surface area (Å²) in [5.41, 5.74) is 0. The molecule has 0 amide bonds. The van der Waals surface area contributed by atoms with Crippen LogP contribution in [0.3, 0.4) is 0 Å². The third-order valence-corrected chi connectivity index (χ3v) is 5.48. The molecule has 2 heteroatoms. The lowest BCUT2D eigenvalue weighted by molar-refractivity contribution is -0.143. The van der Waals surface area contributed by atoms with Gasteiger partial charge < -0.3 is 5.11 Å². The fraction of sp³-hybridized carbons (Fsp3) is 0.923. The highest BCUT2D eigenvalue weighted by Gasteiger charge is 2.59. The van der Waals surface area contributed by atoms with Gasteiger partial charge in [-0.1, -0.05) is 13.3 Å². The quantitative estimate of drug-likeness (QED) is 0.757. The van der Waals surface area contributed by atoms with Crippen LogP contribution in [0.1, 0.15) is 39.0 Å². The Bertz CT molecular complexity index is 266. The van der Waals surface area contributed by atoms with Gasteiger partial charge in [-0.25, -0.2) is 0 Å². The van der Waals surface area contributed by atoms with Gasteiger partial charge in [0.05, 0.1) is 5.92 Å². The van der Waals surface area contributed by atoms with Crippen LogP contribution in [0.4, 0.5) is 0 Å². The van der Waals surface area contributed by atoms with Gasteiger partial charge in [-0.05, 0) is 55.3 Å². The summed E-state index contributed by atoms with van der Waals surface area (Å²) in [5, 5.41) is 9.27. The van der Waals surface area contributed by atoms with E-state index in [0.29, 0.717) is 11.8 Å². The van der Waals surface area contributed by atoms with Gasteiger partial charge in [-0.2, -0.15) is 0 Å². The first-order valence-corrected chi connectivity index (χ1v) is 6.45. The Labute approximate surface area is 91.1 Å². The second-order valence-electron chi connectivity index (χ2n) is 5.84. The highest BCUT2D eigenvalue weighted by atomic mass is 16.4. The lowest BCUT2D eigenvalue weighted by atomic mass is 9.82. The zero-order chi connectivity index (χ0) is 10.6. The van der Waals surface area contributed by atoms with Crippen LogP contribution in [0.2, 0.25) is 0 Å². The highest BCUT2D eigenvalue weighted by molar-refractivity contribution is 5.72. The molecule has 3 rings (SSSR count). The lowest BCUT2D eigenvalue weighted by Crippen LogP contribution is -2.21. The molecule has 2 bridgehead atoms. The van der Waals surface area contributed by atoms with E-state index in [-0.39, 0.29) is 5.92 Å². The first kappa shape index (κ1) is 9.68. The lowest BCUT2D eigenvalue weighted by Gasteiger charge is -2.23. The Morgan fingerprint density at radius 3 is 2.07 bits per heavy atom. The molecule has 0 aromatic heterocycles. The van der Waals surface area contributed by atoms with E-state index in [1.54, 1.807) is 0 Å². The zero-order valence-corrected chi connectivity index (χ0v) is 9.36. The van der Waals surface area contributed by atoms with Crippen LogP contribution in [0.15, 0.2) is 0 Å². The minimum atomic E-state index is -0.509. The van der Waals surface area contributed by atoms with E-state index in [0.717, 1.165) is 17.8 Å². The van der Waals surface area contributed by atoms with Crippen LogP contribution in [0, 0.1) is 35.5 Å². The number of hydrogen-bond acceptors (Lipinski definition) is 1. The summed E-state index contributed by atoms with van der Waals surface area (Å²) in [5.74, 6) is 3.04. The average Bonchev–Trinajstić information content (AvgIpc) is 2.86. The van der Waals surface area contributed by atoms with E-state index in [9.17, 15) is 9.90 Å². The van der Waals surface area contributed by atoms with Crippen LogP contribution >= 0.6 is 0 Å². The van der Waals surface area contributed by atoms with Crippen molar-refractivity contribution in [2.24, 2.45) is 35.5 Å². The third-order valence-electron chi connectivity index (χ3n) is 5.48. The van der Waals surface area contributed by atoms with Gasteiger partial charge in [-0.15, -0.1) is 0 Å². The molecule has 4 unspecified atom stereocenters. The molecular weight excluding hydrogens is 188 g/mol. The molecule has 4 atom stereocenters. The Morgan fingerprint density at radius 1 is 1.13 bits per heavy atom. The molecule has 3 aliphatic carbocycles. The van der Waals surface area contributed by atoms with Crippen molar-refractivity contribution < 1.29 is 9.90 Å². The molecule has 0 radical (unpaired) electrons. The molecule has 0 saturated heterocycles. The maximum atomic E-state index is 11.2. The number of rotatable bonds is 2. The Kier molecular flexibility index (Phi) is 2.08. The van der Waals surface area contributed by atoms with Crippen molar-refractivity contribution in [3.05, 3.63) is 0 Å². The summed E-state index contributed by atoms with van der Waals surface area (Å²) < 4.78 is 0. The second kappa shape index (κ2) is 3.23.